The molecule has 10 heteroatoms. The van der Waals surface area contributed by atoms with Gasteiger partial charge in [0.1, 0.15) is 21.3 Å². The van der Waals surface area contributed by atoms with Gasteiger partial charge >= 0.3 is 12.0 Å². The van der Waals surface area contributed by atoms with Gasteiger partial charge in [-0.2, -0.15) is 0 Å². The van der Waals surface area contributed by atoms with Crippen molar-refractivity contribution in [2.75, 3.05) is 31.1 Å². The number of anilines is 1. The monoisotopic (exact) mass is 499 g/mol. The van der Waals surface area contributed by atoms with E-state index in [-0.39, 0.29) is 5.97 Å². The Hall–Kier alpha value is -2.85. The molecule has 1 fully saturated rings. The van der Waals surface area contributed by atoms with Gasteiger partial charge in [0, 0.05) is 24.5 Å². The fourth-order valence-corrected chi connectivity index (χ4v) is 5.97. The number of piperidine rings is 1. The summed E-state index contributed by atoms with van der Waals surface area (Å²) >= 11 is 3.06. The molecule has 0 radical (unpaired) electrons. The Labute approximate surface area is 207 Å². The van der Waals surface area contributed by atoms with Gasteiger partial charge in [-0.25, -0.2) is 19.6 Å². The number of esters is 1. The number of ether oxygens (including phenoxy) is 1. The summed E-state index contributed by atoms with van der Waals surface area (Å²) in [6.07, 6.45) is 1.85. The van der Waals surface area contributed by atoms with E-state index < -0.39 is 6.03 Å². The summed E-state index contributed by atoms with van der Waals surface area (Å²) in [5.41, 5.74) is 6.09. The van der Waals surface area contributed by atoms with E-state index in [0.717, 1.165) is 58.2 Å². The molecule has 1 saturated heterocycles. The number of rotatable bonds is 8. The van der Waals surface area contributed by atoms with Crippen molar-refractivity contribution >= 4 is 51.1 Å². The molecule has 2 amide bonds. The lowest BCUT2D eigenvalue weighted by atomic mass is 9.96. The molecule has 1 aromatic carbocycles. The van der Waals surface area contributed by atoms with Gasteiger partial charge in [0.25, 0.3) is 0 Å². The van der Waals surface area contributed by atoms with Crippen LogP contribution in [0.15, 0.2) is 35.2 Å². The third kappa shape index (κ3) is 5.61. The highest BCUT2D eigenvalue weighted by Gasteiger charge is 2.27. The number of carbonyl (C=O) groups excluding carboxylic acids is 2. The summed E-state index contributed by atoms with van der Waals surface area (Å²) in [6.45, 7) is 6.30. The van der Waals surface area contributed by atoms with Crippen molar-refractivity contribution in [3.63, 3.8) is 0 Å². The molecule has 3 aromatic rings. The number of nitrogens with one attached hydrogen (secondary N) is 1. The minimum Gasteiger partial charge on any atom is -0.462 e. The van der Waals surface area contributed by atoms with Crippen LogP contribution in [0.4, 0.5) is 10.6 Å². The van der Waals surface area contributed by atoms with Gasteiger partial charge in [-0.05, 0) is 50.3 Å². The normalized spacial score (nSPS) is 14.4. The van der Waals surface area contributed by atoms with Crippen molar-refractivity contribution in [2.24, 2.45) is 11.7 Å². The standard InChI is InChI=1S/C24H29N5O3S2/c1-3-32-23(30)20-15(2)19-21(29-11-9-16(10-12-29)13-26-24(25)31)27-18(28-22(19)34-20)14-33-17-7-5-4-6-8-17/h4-8,16H,3,9-14H2,1-2H3,(H3,25,26,31). The second-order valence-electron chi connectivity index (χ2n) is 8.20. The number of carbonyl (C=O) groups is 2. The Bertz CT molecular complexity index is 1160. The van der Waals surface area contributed by atoms with E-state index in [1.165, 1.54) is 11.3 Å². The molecule has 34 heavy (non-hydrogen) atoms. The maximum atomic E-state index is 12.6. The van der Waals surface area contributed by atoms with Crippen LogP contribution in [0.1, 0.15) is 40.8 Å². The Morgan fingerprint density at radius 1 is 1.24 bits per heavy atom. The van der Waals surface area contributed by atoms with Crippen LogP contribution >= 0.6 is 23.1 Å². The number of aryl methyl sites for hydroxylation is 1. The summed E-state index contributed by atoms with van der Waals surface area (Å²) in [7, 11) is 0. The van der Waals surface area contributed by atoms with Gasteiger partial charge < -0.3 is 20.7 Å². The number of thioether (sulfide) groups is 1. The van der Waals surface area contributed by atoms with E-state index in [2.05, 4.69) is 22.3 Å². The zero-order chi connectivity index (χ0) is 24.1. The predicted molar refractivity (Wildman–Crippen MR) is 137 cm³/mol. The Morgan fingerprint density at radius 2 is 1.97 bits per heavy atom. The minimum atomic E-state index is -0.485. The van der Waals surface area contributed by atoms with E-state index in [9.17, 15) is 9.59 Å². The van der Waals surface area contributed by atoms with Crippen LogP contribution < -0.4 is 16.0 Å². The molecule has 8 nitrogen and oxygen atoms in total. The first-order valence-electron chi connectivity index (χ1n) is 11.4. The molecule has 3 heterocycles. The molecule has 0 bridgehead atoms. The molecule has 0 saturated carbocycles. The summed E-state index contributed by atoms with van der Waals surface area (Å²) in [4.78, 5) is 38.3. The van der Waals surface area contributed by atoms with Gasteiger partial charge in [0.05, 0.1) is 17.7 Å². The lowest BCUT2D eigenvalue weighted by Crippen LogP contribution is -2.40. The Kier molecular flexibility index (Phi) is 7.89. The van der Waals surface area contributed by atoms with E-state index >= 15 is 0 Å². The highest BCUT2D eigenvalue weighted by Crippen LogP contribution is 2.38. The summed E-state index contributed by atoms with van der Waals surface area (Å²) in [5.74, 6) is 2.32. The van der Waals surface area contributed by atoms with Gasteiger partial charge in [-0.1, -0.05) is 18.2 Å². The fraction of sp³-hybridized carbons (Fsp3) is 0.417. The van der Waals surface area contributed by atoms with Gasteiger partial charge in [0.2, 0.25) is 0 Å². The molecule has 0 unspecified atom stereocenters. The lowest BCUT2D eigenvalue weighted by Gasteiger charge is -2.33. The number of nitrogens with zero attached hydrogens (tertiary/aromatic N) is 3. The van der Waals surface area contributed by atoms with Gasteiger partial charge in [-0.3, -0.25) is 0 Å². The number of amides is 2. The number of hydrogen-bond donors (Lipinski definition) is 2. The Balaban J connectivity index is 1.63. The minimum absolute atomic E-state index is 0.314. The topological polar surface area (TPSA) is 110 Å². The molecule has 1 aliphatic heterocycles. The molecule has 0 spiro atoms. The van der Waals surface area contributed by atoms with E-state index in [0.29, 0.717) is 29.7 Å². The first-order chi connectivity index (χ1) is 16.5. The van der Waals surface area contributed by atoms with Gasteiger partial charge in [-0.15, -0.1) is 23.1 Å². The third-order valence-electron chi connectivity index (χ3n) is 5.87. The van der Waals surface area contributed by atoms with Crippen LogP contribution in [0.3, 0.4) is 0 Å². The van der Waals surface area contributed by atoms with E-state index in [1.807, 2.05) is 32.0 Å². The third-order valence-corrected chi connectivity index (χ3v) is 8.04. The molecular weight excluding hydrogens is 470 g/mol. The largest absolute Gasteiger partial charge is 0.462 e. The van der Waals surface area contributed by atoms with Crippen molar-refractivity contribution in [2.45, 2.75) is 37.3 Å². The van der Waals surface area contributed by atoms with Gasteiger partial charge in [0.15, 0.2) is 0 Å². The second kappa shape index (κ2) is 11.1. The van der Waals surface area contributed by atoms with E-state index in [4.69, 9.17) is 20.4 Å². The highest BCUT2D eigenvalue weighted by molar-refractivity contribution is 7.98. The SMILES string of the molecule is CCOC(=O)c1sc2nc(CSc3ccccc3)nc(N3CCC(CNC(N)=O)CC3)c2c1C. The lowest BCUT2D eigenvalue weighted by molar-refractivity contribution is 0.0531. The quantitative estimate of drug-likeness (QED) is 0.350. The predicted octanol–water partition coefficient (Wildman–Crippen LogP) is 4.35. The van der Waals surface area contributed by atoms with Crippen LogP contribution in [0.5, 0.6) is 0 Å². The van der Waals surface area contributed by atoms with Crippen molar-refractivity contribution in [3.8, 4) is 0 Å². The van der Waals surface area contributed by atoms with E-state index in [1.54, 1.807) is 11.8 Å². The first-order valence-corrected chi connectivity index (χ1v) is 13.2. The number of aromatic nitrogens is 2. The zero-order valence-electron chi connectivity index (χ0n) is 19.4. The van der Waals surface area contributed by atoms with Crippen molar-refractivity contribution < 1.29 is 14.3 Å². The number of thiophene rings is 1. The molecule has 1 aliphatic rings. The summed E-state index contributed by atoms with van der Waals surface area (Å²) < 4.78 is 5.28. The maximum absolute atomic E-state index is 12.6. The zero-order valence-corrected chi connectivity index (χ0v) is 21.0. The molecule has 2 aromatic heterocycles. The van der Waals surface area contributed by atoms with Crippen molar-refractivity contribution in [3.05, 3.63) is 46.6 Å². The first kappa shape index (κ1) is 24.3. The fourth-order valence-electron chi connectivity index (χ4n) is 4.10. The number of benzene rings is 1. The number of hydrogen-bond acceptors (Lipinski definition) is 8. The van der Waals surface area contributed by atoms with Crippen LogP contribution in [0, 0.1) is 12.8 Å². The molecule has 180 valence electrons. The second-order valence-corrected chi connectivity index (χ2v) is 10.2. The van der Waals surface area contributed by atoms with Crippen molar-refractivity contribution in [1.29, 1.82) is 0 Å². The number of primary amides is 1. The highest BCUT2D eigenvalue weighted by atomic mass is 32.2. The Morgan fingerprint density at radius 3 is 2.65 bits per heavy atom. The molecule has 0 aliphatic carbocycles. The van der Waals surface area contributed by atoms with Crippen LogP contribution in [0.25, 0.3) is 10.2 Å². The average molecular weight is 500 g/mol. The van der Waals surface area contributed by atoms with Crippen LogP contribution in [-0.4, -0.2) is 48.2 Å². The summed E-state index contributed by atoms with van der Waals surface area (Å²) in [5, 5.41) is 3.65. The average Bonchev–Trinajstić information content (AvgIpc) is 3.18. The molecule has 0 atom stereocenters. The maximum Gasteiger partial charge on any atom is 0.348 e. The number of urea groups is 1. The van der Waals surface area contributed by atoms with Crippen molar-refractivity contribution in [1.82, 2.24) is 15.3 Å². The van der Waals surface area contributed by atoms with Crippen LogP contribution in [-0.2, 0) is 10.5 Å². The number of nitrogens with two attached hydrogens (primary N) is 1. The molecular formula is C24H29N5O3S2. The summed E-state index contributed by atoms with van der Waals surface area (Å²) in [6, 6.07) is 9.69. The molecule has 3 N–H and O–H groups in total. The number of fused-ring (bicyclic) bond motifs is 1. The molecule has 4 rings (SSSR count). The van der Waals surface area contributed by atoms with Crippen LogP contribution in [0.2, 0.25) is 0 Å². The smallest absolute Gasteiger partial charge is 0.348 e.